The van der Waals surface area contributed by atoms with E-state index in [1.54, 1.807) is 18.2 Å². The number of nitrogens with zero attached hydrogens (tertiary/aromatic N) is 1. The van der Waals surface area contributed by atoms with Crippen molar-refractivity contribution in [3.8, 4) is 11.5 Å². The van der Waals surface area contributed by atoms with Crippen molar-refractivity contribution in [3.63, 3.8) is 0 Å². The summed E-state index contributed by atoms with van der Waals surface area (Å²) in [5, 5.41) is 1.97. The van der Waals surface area contributed by atoms with Crippen LogP contribution in [0.5, 0.6) is 11.5 Å². The van der Waals surface area contributed by atoms with Crippen molar-refractivity contribution in [1.29, 1.82) is 0 Å². The van der Waals surface area contributed by atoms with E-state index in [1.807, 2.05) is 0 Å². The maximum atomic E-state index is 12.9. The molecular formula is C19H12BrFN2O5S. The molecule has 2 aliphatic heterocycles. The van der Waals surface area contributed by atoms with Crippen LogP contribution in [0.1, 0.15) is 5.56 Å². The van der Waals surface area contributed by atoms with Crippen molar-refractivity contribution in [1.82, 2.24) is 4.90 Å². The molecule has 2 aromatic carbocycles. The van der Waals surface area contributed by atoms with E-state index in [9.17, 15) is 18.8 Å². The zero-order chi connectivity index (χ0) is 20.5. The monoisotopic (exact) mass is 478 g/mol. The zero-order valence-electron chi connectivity index (χ0n) is 14.6. The van der Waals surface area contributed by atoms with Gasteiger partial charge < -0.3 is 14.8 Å². The Balaban J connectivity index is 1.48. The number of halogens is 2. The third kappa shape index (κ3) is 4.13. The molecular weight excluding hydrogens is 467 g/mol. The van der Waals surface area contributed by atoms with Gasteiger partial charge in [-0.15, -0.1) is 0 Å². The number of imide groups is 1. The highest BCUT2D eigenvalue weighted by Crippen LogP contribution is 2.39. The summed E-state index contributed by atoms with van der Waals surface area (Å²) in [6.45, 7) is -0.327. The van der Waals surface area contributed by atoms with Gasteiger partial charge in [-0.3, -0.25) is 19.3 Å². The number of thioether (sulfide) groups is 1. The molecule has 0 aliphatic carbocycles. The smallest absolute Gasteiger partial charge is 0.294 e. The van der Waals surface area contributed by atoms with Crippen LogP contribution in [-0.2, 0) is 9.59 Å². The Hall–Kier alpha value is -2.85. The number of hydrogen-bond donors (Lipinski definition) is 1. The largest absolute Gasteiger partial charge is 0.454 e. The molecule has 0 aromatic heterocycles. The fourth-order valence-corrected chi connectivity index (χ4v) is 3.96. The summed E-state index contributed by atoms with van der Waals surface area (Å²) in [7, 11) is 0. The number of benzene rings is 2. The lowest BCUT2D eigenvalue weighted by Gasteiger charge is -2.12. The first kappa shape index (κ1) is 19.5. The van der Waals surface area contributed by atoms with Gasteiger partial charge in [-0.05, 0) is 59.8 Å². The predicted octanol–water partition coefficient (Wildman–Crippen LogP) is 3.99. The molecule has 7 nitrogen and oxygen atoms in total. The Morgan fingerprint density at radius 3 is 2.62 bits per heavy atom. The number of fused-ring (bicyclic) bond motifs is 1. The van der Waals surface area contributed by atoms with Gasteiger partial charge in [-0.2, -0.15) is 0 Å². The third-order valence-corrected chi connectivity index (χ3v) is 5.68. The van der Waals surface area contributed by atoms with Gasteiger partial charge in [0.15, 0.2) is 11.5 Å². The molecule has 1 fully saturated rings. The van der Waals surface area contributed by atoms with E-state index in [1.165, 1.54) is 24.3 Å². The number of carbonyl (C=O) groups is 3. The maximum absolute atomic E-state index is 12.9. The second kappa shape index (κ2) is 7.88. The number of amides is 3. The normalized spacial score (nSPS) is 16.6. The first-order chi connectivity index (χ1) is 13.9. The van der Waals surface area contributed by atoms with Gasteiger partial charge >= 0.3 is 0 Å². The van der Waals surface area contributed by atoms with Crippen LogP contribution in [0.4, 0.5) is 14.9 Å². The lowest BCUT2D eigenvalue weighted by Crippen LogP contribution is -2.36. The van der Waals surface area contributed by atoms with E-state index in [0.29, 0.717) is 27.2 Å². The lowest BCUT2D eigenvalue weighted by atomic mass is 10.2. The summed E-state index contributed by atoms with van der Waals surface area (Å²) >= 11 is 4.14. The van der Waals surface area contributed by atoms with Gasteiger partial charge in [0.25, 0.3) is 11.1 Å². The Morgan fingerprint density at radius 1 is 1.21 bits per heavy atom. The predicted molar refractivity (Wildman–Crippen MR) is 108 cm³/mol. The molecule has 0 spiro atoms. The summed E-state index contributed by atoms with van der Waals surface area (Å²) in [5.74, 6) is -0.450. The summed E-state index contributed by atoms with van der Waals surface area (Å²) in [5.41, 5.74) is 0.999. The van der Waals surface area contributed by atoms with E-state index in [0.717, 1.165) is 16.7 Å². The van der Waals surface area contributed by atoms with Crippen LogP contribution in [-0.4, -0.2) is 35.3 Å². The van der Waals surface area contributed by atoms with E-state index < -0.39 is 29.4 Å². The Morgan fingerprint density at radius 2 is 1.90 bits per heavy atom. The van der Waals surface area contributed by atoms with Crippen LogP contribution >= 0.6 is 27.7 Å². The highest BCUT2D eigenvalue weighted by molar-refractivity contribution is 9.10. The first-order valence-corrected chi connectivity index (χ1v) is 9.91. The number of nitrogens with one attached hydrogen (secondary N) is 1. The van der Waals surface area contributed by atoms with Crippen molar-refractivity contribution in [2.45, 2.75) is 0 Å². The molecule has 1 saturated heterocycles. The van der Waals surface area contributed by atoms with Crippen LogP contribution in [0.25, 0.3) is 6.08 Å². The average molecular weight is 479 g/mol. The quantitative estimate of drug-likeness (QED) is 0.668. The van der Waals surface area contributed by atoms with Crippen molar-refractivity contribution in [2.24, 2.45) is 0 Å². The molecule has 0 bridgehead atoms. The third-order valence-electron chi connectivity index (χ3n) is 4.08. The topological polar surface area (TPSA) is 84.9 Å². The Kier molecular flexibility index (Phi) is 5.29. The zero-order valence-corrected chi connectivity index (χ0v) is 17.0. The molecule has 3 amide bonds. The van der Waals surface area contributed by atoms with Crippen molar-refractivity contribution >= 4 is 56.5 Å². The Bertz CT molecular complexity index is 1060. The lowest BCUT2D eigenvalue weighted by molar-refractivity contribution is -0.127. The van der Waals surface area contributed by atoms with Crippen LogP contribution in [0.15, 0.2) is 45.8 Å². The van der Waals surface area contributed by atoms with Gasteiger partial charge in [-0.25, -0.2) is 4.39 Å². The molecule has 2 aromatic rings. The standard InChI is InChI=1S/C19H12BrFN2O5S/c20-13-7-15-14(27-9-28-15)5-10(13)6-16-18(25)23(19(26)29-16)8-17(24)22-12-3-1-11(21)2-4-12/h1-7H,8-9H2,(H,22,24)/b16-6-. The summed E-state index contributed by atoms with van der Waals surface area (Å²) in [6.07, 6.45) is 1.55. The maximum Gasteiger partial charge on any atom is 0.294 e. The van der Waals surface area contributed by atoms with Gasteiger partial charge in [0.1, 0.15) is 12.4 Å². The Labute approximate surface area is 177 Å². The number of ether oxygens (including phenoxy) is 2. The minimum Gasteiger partial charge on any atom is -0.454 e. The number of rotatable bonds is 4. The molecule has 4 rings (SSSR count). The van der Waals surface area contributed by atoms with Crippen LogP contribution in [0.2, 0.25) is 0 Å². The fourth-order valence-electron chi connectivity index (χ4n) is 2.70. The van der Waals surface area contributed by atoms with Gasteiger partial charge in [-0.1, -0.05) is 15.9 Å². The molecule has 2 aliphatic rings. The summed E-state index contributed by atoms with van der Waals surface area (Å²) < 4.78 is 24.2. The van der Waals surface area contributed by atoms with Gasteiger partial charge in [0, 0.05) is 10.2 Å². The van der Waals surface area contributed by atoms with Crippen LogP contribution in [0, 0.1) is 5.82 Å². The molecule has 2 heterocycles. The highest BCUT2D eigenvalue weighted by Gasteiger charge is 2.36. The molecule has 148 valence electrons. The van der Waals surface area contributed by atoms with Crippen molar-refractivity contribution in [3.05, 3.63) is 57.2 Å². The van der Waals surface area contributed by atoms with Crippen molar-refractivity contribution in [2.75, 3.05) is 18.7 Å². The number of carbonyl (C=O) groups excluding carboxylic acids is 3. The second-order valence-electron chi connectivity index (χ2n) is 6.05. The first-order valence-electron chi connectivity index (χ1n) is 8.30. The molecule has 0 saturated carbocycles. The van der Waals surface area contributed by atoms with Crippen LogP contribution < -0.4 is 14.8 Å². The van der Waals surface area contributed by atoms with E-state index in [4.69, 9.17) is 9.47 Å². The van der Waals surface area contributed by atoms with Crippen LogP contribution in [0.3, 0.4) is 0 Å². The summed E-state index contributed by atoms with van der Waals surface area (Å²) in [6, 6.07) is 8.58. The van der Waals surface area contributed by atoms with Gasteiger partial charge in [0.05, 0.1) is 4.91 Å². The highest BCUT2D eigenvalue weighted by atomic mass is 79.9. The molecule has 0 unspecified atom stereocenters. The average Bonchev–Trinajstić information content (AvgIpc) is 3.23. The molecule has 29 heavy (non-hydrogen) atoms. The van der Waals surface area contributed by atoms with E-state index in [-0.39, 0.29) is 11.7 Å². The number of hydrogen-bond acceptors (Lipinski definition) is 6. The number of anilines is 1. The molecule has 0 atom stereocenters. The second-order valence-corrected chi connectivity index (χ2v) is 7.90. The SMILES string of the molecule is O=C(CN1C(=O)S/C(=C\c2cc3c(cc2Br)OCO3)C1=O)Nc1ccc(F)cc1. The molecule has 10 heteroatoms. The minimum atomic E-state index is -0.571. The molecule has 0 radical (unpaired) electrons. The summed E-state index contributed by atoms with van der Waals surface area (Å²) in [4.78, 5) is 38.1. The van der Waals surface area contributed by atoms with E-state index >= 15 is 0 Å². The van der Waals surface area contributed by atoms with Crippen molar-refractivity contribution < 1.29 is 28.2 Å². The molecule has 1 N–H and O–H groups in total. The fraction of sp³-hybridized carbons (Fsp3) is 0.105. The van der Waals surface area contributed by atoms with E-state index in [2.05, 4.69) is 21.2 Å². The van der Waals surface area contributed by atoms with Gasteiger partial charge in [0.2, 0.25) is 12.7 Å². The minimum absolute atomic E-state index is 0.116.